The van der Waals surface area contributed by atoms with Crippen molar-refractivity contribution in [2.24, 2.45) is 0 Å². The van der Waals surface area contributed by atoms with Crippen LogP contribution < -0.4 is 14.4 Å². The predicted octanol–water partition coefficient (Wildman–Crippen LogP) is 6.15. The Morgan fingerprint density at radius 2 is 1.83 bits per heavy atom. The Morgan fingerprint density at radius 1 is 1.08 bits per heavy atom. The van der Waals surface area contributed by atoms with Crippen molar-refractivity contribution in [1.29, 1.82) is 0 Å². The molecule has 0 atom stereocenters. The number of aryl methyl sites for hydroxylation is 1. The van der Waals surface area contributed by atoms with E-state index in [-0.39, 0.29) is 31.4 Å². The first-order chi connectivity index (χ1) is 17.1. The van der Waals surface area contributed by atoms with Crippen molar-refractivity contribution in [1.82, 2.24) is 0 Å². The first-order valence-corrected chi connectivity index (χ1v) is 11.8. The number of halogens is 3. The molecule has 0 aromatic heterocycles. The Morgan fingerprint density at radius 3 is 2.50 bits per heavy atom. The lowest BCUT2D eigenvalue weighted by atomic mass is 10.1. The van der Waals surface area contributed by atoms with Gasteiger partial charge < -0.3 is 19.1 Å². The summed E-state index contributed by atoms with van der Waals surface area (Å²) in [5.74, 6) is -0.440. The molecule has 0 saturated carbocycles. The molecule has 36 heavy (non-hydrogen) atoms. The number of esters is 1. The first kappa shape index (κ1) is 25.4. The number of fused-ring (bicyclic) bond motifs is 1. The third kappa shape index (κ3) is 5.93. The summed E-state index contributed by atoms with van der Waals surface area (Å²) in [6.45, 7) is 4.00. The van der Waals surface area contributed by atoms with Gasteiger partial charge in [-0.05, 0) is 79.6 Å². The summed E-state index contributed by atoms with van der Waals surface area (Å²) in [6, 6.07) is 16.2. The lowest BCUT2D eigenvalue weighted by molar-refractivity contribution is -0.274. The standard InChI is InChI=1S/C26H22F3NO5S/c1-3-33-24(31)15-34-22-12-11-19(13-16(22)2)36-23-6-4-5-20-21(23)14-30(25(20)32)17-7-9-18(10-8-17)35-26(27,28)29/h4-13H,3,14-15H2,1-2H3. The molecule has 4 rings (SSSR count). The van der Waals surface area contributed by atoms with E-state index in [1.54, 1.807) is 25.1 Å². The first-order valence-electron chi connectivity index (χ1n) is 11.0. The molecule has 0 fully saturated rings. The van der Waals surface area contributed by atoms with Gasteiger partial charge in [0.2, 0.25) is 0 Å². The van der Waals surface area contributed by atoms with Gasteiger partial charge in [0.1, 0.15) is 11.5 Å². The van der Waals surface area contributed by atoms with Crippen LogP contribution in [-0.4, -0.2) is 31.5 Å². The third-order valence-electron chi connectivity index (χ3n) is 5.33. The second-order valence-corrected chi connectivity index (χ2v) is 8.95. The van der Waals surface area contributed by atoms with Gasteiger partial charge in [-0.1, -0.05) is 17.8 Å². The van der Waals surface area contributed by atoms with Crippen molar-refractivity contribution in [2.75, 3.05) is 18.1 Å². The number of carbonyl (C=O) groups is 2. The highest BCUT2D eigenvalue weighted by Crippen LogP contribution is 2.39. The Bertz CT molecular complexity index is 1280. The van der Waals surface area contributed by atoms with E-state index >= 15 is 0 Å². The molecule has 0 aliphatic carbocycles. The van der Waals surface area contributed by atoms with E-state index in [2.05, 4.69) is 4.74 Å². The molecular formula is C26H22F3NO5S. The molecule has 6 nitrogen and oxygen atoms in total. The highest BCUT2D eigenvalue weighted by molar-refractivity contribution is 7.99. The quantitative estimate of drug-likeness (QED) is 0.334. The van der Waals surface area contributed by atoms with Gasteiger partial charge in [0.05, 0.1) is 13.2 Å². The van der Waals surface area contributed by atoms with Crippen LogP contribution in [0, 0.1) is 6.92 Å². The van der Waals surface area contributed by atoms with Gasteiger partial charge in [0.15, 0.2) is 6.61 Å². The average Bonchev–Trinajstić information content (AvgIpc) is 3.16. The molecule has 1 heterocycles. The summed E-state index contributed by atoms with van der Waals surface area (Å²) in [5.41, 5.74) is 2.70. The zero-order valence-corrected chi connectivity index (χ0v) is 20.2. The van der Waals surface area contributed by atoms with Crippen LogP contribution >= 0.6 is 11.8 Å². The molecule has 0 radical (unpaired) electrons. The van der Waals surface area contributed by atoms with Crippen LogP contribution in [0.1, 0.15) is 28.4 Å². The average molecular weight is 518 g/mol. The number of hydrogen-bond acceptors (Lipinski definition) is 6. The zero-order chi connectivity index (χ0) is 25.9. The van der Waals surface area contributed by atoms with E-state index in [0.717, 1.165) is 20.9 Å². The Hall–Kier alpha value is -3.66. The second-order valence-electron chi connectivity index (χ2n) is 7.84. The number of rotatable bonds is 8. The summed E-state index contributed by atoms with van der Waals surface area (Å²) in [7, 11) is 0. The predicted molar refractivity (Wildman–Crippen MR) is 128 cm³/mol. The Balaban J connectivity index is 1.48. The summed E-state index contributed by atoms with van der Waals surface area (Å²) in [6.07, 6.45) is -4.78. The fraction of sp³-hybridized carbons (Fsp3) is 0.231. The molecule has 1 aliphatic rings. The number of ether oxygens (including phenoxy) is 3. The third-order valence-corrected chi connectivity index (χ3v) is 6.42. The molecule has 0 unspecified atom stereocenters. The van der Waals surface area contributed by atoms with Crippen LogP contribution in [-0.2, 0) is 16.1 Å². The molecule has 0 N–H and O–H groups in total. The van der Waals surface area contributed by atoms with Gasteiger partial charge in [0.25, 0.3) is 5.91 Å². The highest BCUT2D eigenvalue weighted by Gasteiger charge is 2.32. The monoisotopic (exact) mass is 517 g/mol. The van der Waals surface area contributed by atoms with Crippen LogP contribution in [0.2, 0.25) is 0 Å². The van der Waals surface area contributed by atoms with E-state index in [1.807, 2.05) is 25.1 Å². The van der Waals surface area contributed by atoms with Gasteiger partial charge in [-0.15, -0.1) is 13.2 Å². The molecular weight excluding hydrogens is 495 g/mol. The number of amides is 1. The van der Waals surface area contributed by atoms with E-state index in [9.17, 15) is 22.8 Å². The van der Waals surface area contributed by atoms with Crippen molar-refractivity contribution in [2.45, 2.75) is 36.5 Å². The molecule has 0 spiro atoms. The maximum Gasteiger partial charge on any atom is 0.573 e. The summed E-state index contributed by atoms with van der Waals surface area (Å²) in [4.78, 5) is 27.9. The minimum Gasteiger partial charge on any atom is -0.482 e. The highest BCUT2D eigenvalue weighted by atomic mass is 32.2. The number of anilines is 1. The lowest BCUT2D eigenvalue weighted by Crippen LogP contribution is -2.23. The Labute approximate surface area is 210 Å². The maximum atomic E-state index is 13.0. The van der Waals surface area contributed by atoms with Gasteiger partial charge in [0, 0.05) is 21.0 Å². The normalized spacial score (nSPS) is 12.9. The van der Waals surface area contributed by atoms with Gasteiger partial charge in [-0.25, -0.2) is 4.79 Å². The van der Waals surface area contributed by atoms with Crippen molar-refractivity contribution in [3.05, 3.63) is 77.4 Å². The van der Waals surface area contributed by atoms with Gasteiger partial charge in [-0.2, -0.15) is 0 Å². The second kappa shape index (κ2) is 10.5. The SMILES string of the molecule is CCOC(=O)COc1ccc(Sc2cccc3c2CN(c2ccc(OC(F)(F)F)cc2)C3=O)cc1C. The molecule has 1 aliphatic heterocycles. The minimum atomic E-state index is -4.78. The lowest BCUT2D eigenvalue weighted by Gasteiger charge is -2.17. The summed E-state index contributed by atoms with van der Waals surface area (Å²) in [5, 5.41) is 0. The van der Waals surface area contributed by atoms with Crippen LogP contribution in [0.25, 0.3) is 0 Å². The van der Waals surface area contributed by atoms with Crippen LogP contribution in [0.5, 0.6) is 11.5 Å². The van der Waals surface area contributed by atoms with E-state index in [0.29, 0.717) is 17.0 Å². The summed E-state index contributed by atoms with van der Waals surface area (Å²) >= 11 is 1.49. The van der Waals surface area contributed by atoms with E-state index < -0.39 is 12.3 Å². The van der Waals surface area contributed by atoms with Gasteiger partial charge >= 0.3 is 12.3 Å². The molecule has 0 saturated heterocycles. The van der Waals surface area contributed by atoms with Crippen molar-refractivity contribution < 1.29 is 37.0 Å². The maximum absolute atomic E-state index is 13.0. The molecule has 3 aromatic carbocycles. The molecule has 0 bridgehead atoms. The fourth-order valence-corrected chi connectivity index (χ4v) is 4.82. The largest absolute Gasteiger partial charge is 0.573 e. The molecule has 1 amide bonds. The number of carbonyl (C=O) groups excluding carboxylic acids is 2. The smallest absolute Gasteiger partial charge is 0.482 e. The number of hydrogen-bond donors (Lipinski definition) is 0. The molecule has 10 heteroatoms. The van der Waals surface area contributed by atoms with Crippen LogP contribution in [0.3, 0.4) is 0 Å². The fourth-order valence-electron chi connectivity index (χ4n) is 3.75. The van der Waals surface area contributed by atoms with Crippen molar-refractivity contribution >= 4 is 29.3 Å². The van der Waals surface area contributed by atoms with Crippen LogP contribution in [0.4, 0.5) is 18.9 Å². The zero-order valence-electron chi connectivity index (χ0n) is 19.4. The summed E-state index contributed by atoms with van der Waals surface area (Å²) < 4.78 is 51.6. The van der Waals surface area contributed by atoms with E-state index in [4.69, 9.17) is 9.47 Å². The molecule has 3 aromatic rings. The van der Waals surface area contributed by atoms with E-state index in [1.165, 1.54) is 40.9 Å². The molecule has 188 valence electrons. The van der Waals surface area contributed by atoms with Crippen LogP contribution in [0.15, 0.2) is 70.5 Å². The number of alkyl halides is 3. The minimum absolute atomic E-state index is 0.172. The Kier molecular flexibility index (Phi) is 7.44. The van der Waals surface area contributed by atoms with Gasteiger partial charge in [-0.3, -0.25) is 4.79 Å². The number of nitrogens with zero attached hydrogens (tertiary/aromatic N) is 1. The van der Waals surface area contributed by atoms with Crippen molar-refractivity contribution in [3.8, 4) is 11.5 Å². The topological polar surface area (TPSA) is 65.1 Å². The van der Waals surface area contributed by atoms with Crippen molar-refractivity contribution in [3.63, 3.8) is 0 Å². The number of benzene rings is 3.